The molecule has 1 heterocycles. The van der Waals surface area contributed by atoms with Crippen LogP contribution in [0.5, 0.6) is 0 Å². The Morgan fingerprint density at radius 2 is 1.85 bits per heavy atom. The molecule has 0 aromatic rings. The minimum absolute atomic E-state index is 0.0733. The summed E-state index contributed by atoms with van der Waals surface area (Å²) in [6, 6.07) is -0.251. The molecule has 0 bridgehead atoms. The first kappa shape index (κ1) is 15.1. The van der Waals surface area contributed by atoms with Gasteiger partial charge in [-0.2, -0.15) is 0 Å². The Kier molecular flexibility index (Phi) is 4.52. The van der Waals surface area contributed by atoms with Crippen LogP contribution >= 0.6 is 0 Å². The van der Waals surface area contributed by atoms with E-state index in [9.17, 15) is 14.7 Å². The number of carbonyl (C=O) groups is 2. The van der Waals surface area contributed by atoms with Gasteiger partial charge >= 0.3 is 12.0 Å². The quantitative estimate of drug-likeness (QED) is 0.714. The largest absolute Gasteiger partial charge is 0.481 e. The standard InChI is InChI=1S/C14H24N2O4/c1-2-14(4-3-5-14)16-12(19)15-10-13(11(17)18)6-8-20-9-7-13/h2-10H2,1H3,(H,17,18)(H2,15,16,19). The number of carboxylic acid groups (broad SMARTS) is 1. The van der Waals surface area contributed by atoms with Crippen LogP contribution in [-0.2, 0) is 9.53 Å². The number of carbonyl (C=O) groups excluding carboxylic acids is 1. The van der Waals surface area contributed by atoms with Gasteiger partial charge in [-0.1, -0.05) is 6.92 Å². The van der Waals surface area contributed by atoms with Gasteiger partial charge in [0.1, 0.15) is 0 Å². The average Bonchev–Trinajstić information content (AvgIpc) is 2.41. The predicted octanol–water partition coefficient (Wildman–Crippen LogP) is 1.50. The fraction of sp³-hybridized carbons (Fsp3) is 0.857. The molecule has 0 spiro atoms. The fourth-order valence-electron chi connectivity index (χ4n) is 2.93. The lowest BCUT2D eigenvalue weighted by molar-refractivity contribution is -0.154. The highest BCUT2D eigenvalue weighted by Crippen LogP contribution is 2.34. The highest BCUT2D eigenvalue weighted by molar-refractivity contribution is 5.78. The van der Waals surface area contributed by atoms with Gasteiger partial charge in [0.05, 0.1) is 5.41 Å². The number of carboxylic acids is 1. The molecule has 0 aromatic carbocycles. The van der Waals surface area contributed by atoms with E-state index in [1.54, 1.807) is 0 Å². The topological polar surface area (TPSA) is 87.7 Å². The number of nitrogens with one attached hydrogen (secondary N) is 2. The number of aliphatic carboxylic acids is 1. The first-order valence-electron chi connectivity index (χ1n) is 7.39. The molecule has 0 aromatic heterocycles. The Hall–Kier alpha value is -1.30. The van der Waals surface area contributed by atoms with E-state index in [1.165, 1.54) is 0 Å². The minimum Gasteiger partial charge on any atom is -0.481 e. The van der Waals surface area contributed by atoms with Crippen molar-refractivity contribution in [3.05, 3.63) is 0 Å². The molecule has 20 heavy (non-hydrogen) atoms. The van der Waals surface area contributed by atoms with E-state index in [2.05, 4.69) is 17.6 Å². The Bertz CT molecular complexity index is 368. The molecule has 3 N–H and O–H groups in total. The van der Waals surface area contributed by atoms with E-state index >= 15 is 0 Å². The van der Waals surface area contributed by atoms with Gasteiger partial charge in [0.15, 0.2) is 0 Å². The van der Waals surface area contributed by atoms with Crippen molar-refractivity contribution >= 4 is 12.0 Å². The van der Waals surface area contributed by atoms with Crippen LogP contribution in [0.4, 0.5) is 4.79 Å². The number of hydrogen-bond donors (Lipinski definition) is 3. The second-order valence-electron chi connectivity index (χ2n) is 5.99. The molecule has 1 saturated heterocycles. The first-order chi connectivity index (χ1) is 9.52. The van der Waals surface area contributed by atoms with Crippen molar-refractivity contribution in [2.45, 2.75) is 51.0 Å². The van der Waals surface area contributed by atoms with E-state index in [-0.39, 0.29) is 18.1 Å². The van der Waals surface area contributed by atoms with Crippen molar-refractivity contribution in [1.29, 1.82) is 0 Å². The van der Waals surface area contributed by atoms with Gasteiger partial charge in [-0.3, -0.25) is 4.79 Å². The zero-order chi connectivity index (χ0) is 14.6. The molecule has 1 aliphatic carbocycles. The molecule has 0 atom stereocenters. The molecular weight excluding hydrogens is 260 g/mol. The lowest BCUT2D eigenvalue weighted by Crippen LogP contribution is -2.57. The molecule has 0 radical (unpaired) electrons. The van der Waals surface area contributed by atoms with Crippen molar-refractivity contribution in [2.75, 3.05) is 19.8 Å². The fourth-order valence-corrected chi connectivity index (χ4v) is 2.93. The highest BCUT2D eigenvalue weighted by Gasteiger charge is 2.41. The van der Waals surface area contributed by atoms with Gasteiger partial charge in [0.25, 0.3) is 0 Å². The molecule has 2 aliphatic rings. The maximum Gasteiger partial charge on any atom is 0.315 e. The molecule has 114 valence electrons. The van der Waals surface area contributed by atoms with Gasteiger partial charge in [-0.25, -0.2) is 4.79 Å². The molecular formula is C14H24N2O4. The molecule has 6 nitrogen and oxygen atoms in total. The molecule has 2 amide bonds. The smallest absolute Gasteiger partial charge is 0.315 e. The Morgan fingerprint density at radius 1 is 1.20 bits per heavy atom. The summed E-state index contributed by atoms with van der Waals surface area (Å²) < 4.78 is 5.21. The number of amides is 2. The average molecular weight is 284 g/mol. The zero-order valence-corrected chi connectivity index (χ0v) is 12.0. The summed E-state index contributed by atoms with van der Waals surface area (Å²) in [5.74, 6) is -0.852. The number of urea groups is 1. The highest BCUT2D eigenvalue weighted by atomic mass is 16.5. The third-order valence-electron chi connectivity index (χ3n) is 4.86. The van der Waals surface area contributed by atoms with Crippen LogP contribution in [0, 0.1) is 5.41 Å². The second-order valence-corrected chi connectivity index (χ2v) is 5.99. The first-order valence-corrected chi connectivity index (χ1v) is 7.39. The van der Waals surface area contributed by atoms with Gasteiger partial charge < -0.3 is 20.5 Å². The summed E-state index contributed by atoms with van der Waals surface area (Å²) in [5, 5.41) is 15.2. The Balaban J connectivity index is 1.86. The van der Waals surface area contributed by atoms with E-state index in [0.717, 1.165) is 25.7 Å². The minimum atomic E-state index is -0.880. The maximum absolute atomic E-state index is 12.0. The third kappa shape index (κ3) is 3.06. The Morgan fingerprint density at radius 3 is 2.30 bits per heavy atom. The van der Waals surface area contributed by atoms with Crippen LogP contribution in [0.2, 0.25) is 0 Å². The van der Waals surface area contributed by atoms with E-state index in [4.69, 9.17) is 4.74 Å². The molecule has 0 unspecified atom stereocenters. The van der Waals surface area contributed by atoms with Crippen molar-refractivity contribution in [3.8, 4) is 0 Å². The van der Waals surface area contributed by atoms with Crippen LogP contribution < -0.4 is 10.6 Å². The molecule has 1 saturated carbocycles. The lowest BCUT2D eigenvalue weighted by atomic mass is 9.75. The normalized spacial score (nSPS) is 23.4. The Labute approximate surface area is 119 Å². The van der Waals surface area contributed by atoms with Gasteiger partial charge in [-0.05, 0) is 38.5 Å². The summed E-state index contributed by atoms with van der Waals surface area (Å²) in [5.41, 5.74) is -0.954. The van der Waals surface area contributed by atoms with Gasteiger partial charge in [-0.15, -0.1) is 0 Å². The molecule has 1 aliphatic heterocycles. The van der Waals surface area contributed by atoms with Crippen LogP contribution in [0.3, 0.4) is 0 Å². The van der Waals surface area contributed by atoms with E-state index in [0.29, 0.717) is 26.1 Å². The number of hydrogen-bond acceptors (Lipinski definition) is 3. The molecule has 2 rings (SSSR count). The van der Waals surface area contributed by atoms with Crippen LogP contribution in [0.25, 0.3) is 0 Å². The summed E-state index contributed by atoms with van der Waals surface area (Å²) in [6.45, 7) is 3.11. The summed E-state index contributed by atoms with van der Waals surface area (Å²) >= 11 is 0. The second kappa shape index (κ2) is 5.99. The van der Waals surface area contributed by atoms with E-state index in [1.807, 2.05) is 0 Å². The van der Waals surface area contributed by atoms with Gasteiger partial charge in [0.2, 0.25) is 0 Å². The van der Waals surface area contributed by atoms with Crippen molar-refractivity contribution in [1.82, 2.24) is 10.6 Å². The SMILES string of the molecule is CCC1(NC(=O)NCC2(C(=O)O)CCOCC2)CCC1. The summed E-state index contributed by atoms with van der Waals surface area (Å²) in [6.07, 6.45) is 4.97. The summed E-state index contributed by atoms with van der Waals surface area (Å²) in [4.78, 5) is 23.4. The third-order valence-corrected chi connectivity index (χ3v) is 4.86. The molecule has 6 heteroatoms. The zero-order valence-electron chi connectivity index (χ0n) is 12.0. The monoisotopic (exact) mass is 284 g/mol. The van der Waals surface area contributed by atoms with Gasteiger partial charge in [0, 0.05) is 25.3 Å². The maximum atomic E-state index is 12.0. The van der Waals surface area contributed by atoms with Crippen LogP contribution in [0.1, 0.15) is 45.4 Å². The van der Waals surface area contributed by atoms with Crippen molar-refractivity contribution in [3.63, 3.8) is 0 Å². The lowest BCUT2D eigenvalue weighted by Gasteiger charge is -2.42. The van der Waals surface area contributed by atoms with Crippen LogP contribution in [0.15, 0.2) is 0 Å². The number of ether oxygens (including phenoxy) is 1. The van der Waals surface area contributed by atoms with E-state index < -0.39 is 11.4 Å². The summed E-state index contributed by atoms with van der Waals surface area (Å²) in [7, 11) is 0. The number of rotatable bonds is 5. The van der Waals surface area contributed by atoms with Crippen LogP contribution in [-0.4, -0.2) is 42.4 Å². The molecule has 2 fully saturated rings. The van der Waals surface area contributed by atoms with Crippen molar-refractivity contribution < 1.29 is 19.4 Å². The van der Waals surface area contributed by atoms with Crippen molar-refractivity contribution in [2.24, 2.45) is 5.41 Å². The predicted molar refractivity (Wildman–Crippen MR) is 73.5 cm³/mol.